The van der Waals surface area contributed by atoms with Gasteiger partial charge in [-0.15, -0.1) is 0 Å². The van der Waals surface area contributed by atoms with E-state index in [1.165, 1.54) is 31.4 Å². The number of hydrogen-bond donors (Lipinski definition) is 3. The topological polar surface area (TPSA) is 62.6 Å². The minimum Gasteiger partial charge on any atom is -0.345 e. The summed E-state index contributed by atoms with van der Waals surface area (Å²) in [5.74, 6) is 1.77. The molecule has 152 valence electrons. The zero-order valence-corrected chi connectivity index (χ0v) is 16.8. The number of likely N-dealkylation sites (N-methyl/N-ethyl adjacent to an activating group) is 1. The Hall–Kier alpha value is -1.95. The second-order valence-electron chi connectivity index (χ2n) is 9.49. The van der Waals surface area contributed by atoms with E-state index < -0.39 is 0 Å². The van der Waals surface area contributed by atoms with Crippen molar-refractivity contribution >= 4 is 17.5 Å². The van der Waals surface area contributed by atoms with Crippen molar-refractivity contribution in [1.82, 2.24) is 5.32 Å². The van der Waals surface area contributed by atoms with Crippen LogP contribution in [0.5, 0.6) is 0 Å². The predicted octanol–water partition coefficient (Wildman–Crippen LogP) is 1.75. The van der Waals surface area contributed by atoms with Crippen LogP contribution in [0.4, 0.5) is 10.1 Å². The molecule has 4 aliphatic rings. The largest absolute Gasteiger partial charge is 0.345 e. The van der Waals surface area contributed by atoms with Gasteiger partial charge in [0.2, 0.25) is 0 Å². The highest BCUT2D eigenvalue weighted by Gasteiger charge is 2.52. The van der Waals surface area contributed by atoms with Gasteiger partial charge in [0.1, 0.15) is 5.82 Å². The Labute approximate surface area is 166 Å². The fourth-order valence-corrected chi connectivity index (χ4v) is 6.03. The van der Waals surface area contributed by atoms with Gasteiger partial charge in [0, 0.05) is 11.2 Å². The highest BCUT2D eigenvalue weighted by atomic mass is 19.1. The molecule has 28 heavy (non-hydrogen) atoms. The number of rotatable bonds is 6. The lowest BCUT2D eigenvalue weighted by Gasteiger charge is -2.57. The second-order valence-corrected chi connectivity index (χ2v) is 9.49. The average Bonchev–Trinajstić information content (AvgIpc) is 2.59. The highest BCUT2D eigenvalue weighted by Crippen LogP contribution is 2.55. The van der Waals surface area contributed by atoms with E-state index in [1.54, 1.807) is 12.1 Å². The summed E-state index contributed by atoms with van der Waals surface area (Å²) < 4.78 is 13.3. The summed E-state index contributed by atoms with van der Waals surface area (Å²) in [6.45, 7) is 2.03. The highest BCUT2D eigenvalue weighted by molar-refractivity contribution is 5.91. The first-order valence-corrected chi connectivity index (χ1v) is 10.5. The van der Waals surface area contributed by atoms with E-state index in [1.807, 2.05) is 14.0 Å². The summed E-state index contributed by atoms with van der Waals surface area (Å²) in [7, 11) is 1.86. The van der Waals surface area contributed by atoms with Crippen LogP contribution in [-0.4, -0.2) is 37.0 Å². The SMILES string of the molecule is C[C@@H](C(=O)NC12CC3CC(CC(C3)C1)C2)[NH+](C)CC(=O)Nc1cccc(F)c1. The summed E-state index contributed by atoms with van der Waals surface area (Å²) >= 11 is 0. The molecule has 4 fully saturated rings. The molecule has 0 aromatic heterocycles. The molecule has 5 nitrogen and oxygen atoms in total. The molecule has 4 saturated carbocycles. The third-order valence-corrected chi connectivity index (χ3v) is 7.11. The van der Waals surface area contributed by atoms with E-state index in [9.17, 15) is 14.0 Å². The number of halogens is 1. The maximum absolute atomic E-state index is 13.3. The predicted molar refractivity (Wildman–Crippen MR) is 105 cm³/mol. The van der Waals surface area contributed by atoms with Crippen molar-refractivity contribution in [3.63, 3.8) is 0 Å². The molecule has 4 bridgehead atoms. The van der Waals surface area contributed by atoms with Crippen LogP contribution < -0.4 is 15.5 Å². The number of nitrogens with one attached hydrogen (secondary N) is 3. The molecule has 0 spiro atoms. The lowest BCUT2D eigenvalue weighted by Crippen LogP contribution is -3.15. The van der Waals surface area contributed by atoms with Crippen molar-refractivity contribution in [3.05, 3.63) is 30.1 Å². The lowest BCUT2D eigenvalue weighted by molar-refractivity contribution is -0.885. The summed E-state index contributed by atoms with van der Waals surface area (Å²) in [6.07, 6.45) is 7.39. The molecule has 6 heteroatoms. The molecular weight excluding hydrogens is 357 g/mol. The number of carbonyl (C=O) groups excluding carboxylic acids is 2. The van der Waals surface area contributed by atoms with Gasteiger partial charge in [-0.25, -0.2) is 4.39 Å². The van der Waals surface area contributed by atoms with Gasteiger partial charge in [-0.2, -0.15) is 0 Å². The number of carbonyl (C=O) groups is 2. The van der Waals surface area contributed by atoms with Gasteiger partial charge in [-0.1, -0.05) is 6.07 Å². The van der Waals surface area contributed by atoms with Crippen molar-refractivity contribution in [1.29, 1.82) is 0 Å². The molecule has 1 aromatic carbocycles. The average molecular weight is 389 g/mol. The smallest absolute Gasteiger partial charge is 0.279 e. The molecule has 0 heterocycles. The summed E-state index contributed by atoms with van der Waals surface area (Å²) in [5, 5.41) is 6.10. The maximum atomic E-state index is 13.3. The Balaban J connectivity index is 1.31. The van der Waals surface area contributed by atoms with Crippen LogP contribution in [0.15, 0.2) is 24.3 Å². The third-order valence-electron chi connectivity index (χ3n) is 7.11. The van der Waals surface area contributed by atoms with Gasteiger partial charge in [-0.05, 0) is 81.4 Å². The molecule has 2 atom stereocenters. The molecule has 4 aliphatic carbocycles. The molecule has 2 amide bonds. The fourth-order valence-electron chi connectivity index (χ4n) is 6.03. The van der Waals surface area contributed by atoms with Crippen molar-refractivity contribution in [2.24, 2.45) is 17.8 Å². The molecule has 3 N–H and O–H groups in total. The quantitative estimate of drug-likeness (QED) is 0.695. The van der Waals surface area contributed by atoms with Gasteiger partial charge in [0.25, 0.3) is 11.8 Å². The van der Waals surface area contributed by atoms with Gasteiger partial charge >= 0.3 is 0 Å². The number of amides is 2. The Kier molecular flexibility index (Phi) is 5.17. The molecular formula is C22H31FN3O2+. The molecule has 0 radical (unpaired) electrons. The monoisotopic (exact) mass is 388 g/mol. The van der Waals surface area contributed by atoms with Crippen LogP contribution in [0.1, 0.15) is 45.4 Å². The summed E-state index contributed by atoms with van der Waals surface area (Å²) in [5.41, 5.74) is 0.424. The molecule has 0 saturated heterocycles. The van der Waals surface area contributed by atoms with E-state index in [-0.39, 0.29) is 35.8 Å². The maximum Gasteiger partial charge on any atom is 0.279 e. The first kappa shape index (κ1) is 19.4. The Bertz CT molecular complexity index is 731. The molecule has 1 unspecified atom stereocenters. The number of hydrogen-bond acceptors (Lipinski definition) is 2. The Morgan fingerprint density at radius 1 is 1.18 bits per heavy atom. The molecule has 1 aromatic rings. The summed E-state index contributed by atoms with van der Waals surface area (Å²) in [4.78, 5) is 26.1. The zero-order chi connectivity index (χ0) is 19.9. The van der Waals surface area contributed by atoms with Crippen molar-refractivity contribution in [2.75, 3.05) is 18.9 Å². The van der Waals surface area contributed by atoms with E-state index in [0.717, 1.165) is 41.9 Å². The van der Waals surface area contributed by atoms with Crippen LogP contribution in [0, 0.1) is 23.6 Å². The molecule has 0 aliphatic heterocycles. The van der Waals surface area contributed by atoms with Crippen molar-refractivity contribution in [2.45, 2.75) is 57.0 Å². The van der Waals surface area contributed by atoms with E-state index in [2.05, 4.69) is 10.6 Å². The summed E-state index contributed by atoms with van der Waals surface area (Å²) in [6, 6.07) is 5.52. The zero-order valence-electron chi connectivity index (χ0n) is 16.8. The number of quaternary nitrogens is 1. The Morgan fingerprint density at radius 2 is 1.79 bits per heavy atom. The van der Waals surface area contributed by atoms with E-state index in [4.69, 9.17) is 0 Å². The van der Waals surface area contributed by atoms with E-state index >= 15 is 0 Å². The van der Waals surface area contributed by atoms with Crippen LogP contribution in [-0.2, 0) is 9.59 Å². The van der Waals surface area contributed by atoms with Crippen LogP contribution in [0.3, 0.4) is 0 Å². The Morgan fingerprint density at radius 3 is 2.36 bits per heavy atom. The van der Waals surface area contributed by atoms with E-state index in [0.29, 0.717) is 5.69 Å². The van der Waals surface area contributed by atoms with Crippen molar-refractivity contribution in [3.8, 4) is 0 Å². The van der Waals surface area contributed by atoms with Gasteiger partial charge < -0.3 is 15.5 Å². The first-order chi connectivity index (χ1) is 13.3. The number of benzene rings is 1. The normalized spacial score (nSPS) is 32.6. The fraction of sp³-hybridized carbons (Fsp3) is 0.636. The van der Waals surface area contributed by atoms with Crippen LogP contribution >= 0.6 is 0 Å². The first-order valence-electron chi connectivity index (χ1n) is 10.5. The second kappa shape index (κ2) is 7.47. The van der Waals surface area contributed by atoms with Crippen LogP contribution in [0.25, 0.3) is 0 Å². The van der Waals surface area contributed by atoms with Gasteiger partial charge in [-0.3, -0.25) is 9.59 Å². The standard InChI is InChI=1S/C22H30FN3O2/c1-14(26(2)13-20(27)24-19-5-3-4-18(23)9-19)21(28)25-22-10-15-6-16(11-22)8-17(7-15)12-22/h3-5,9,14-17H,6-8,10-13H2,1-2H3,(H,24,27)(H,25,28)/p+1/t14-,15?,16?,17?,22?/m0/s1. The van der Waals surface area contributed by atoms with Gasteiger partial charge in [0.15, 0.2) is 12.6 Å². The molecule has 5 rings (SSSR count). The third kappa shape index (κ3) is 4.07. The van der Waals surface area contributed by atoms with Crippen molar-refractivity contribution < 1.29 is 18.9 Å². The minimum absolute atomic E-state index is 0.00972. The minimum atomic E-state index is -0.387. The lowest BCUT2D eigenvalue weighted by atomic mass is 9.53. The number of anilines is 1. The van der Waals surface area contributed by atoms with Crippen LogP contribution in [0.2, 0.25) is 0 Å². The van der Waals surface area contributed by atoms with Gasteiger partial charge in [0.05, 0.1) is 7.05 Å².